The average Bonchev–Trinajstić information content (AvgIpc) is 3.21. The Labute approximate surface area is 224 Å². The Morgan fingerprint density at radius 1 is 0.806 bits per heavy atom. The van der Waals surface area contributed by atoms with E-state index in [1.165, 1.54) is 5.01 Å². The molecule has 0 bridgehead atoms. The third-order valence-electron chi connectivity index (χ3n) is 5.56. The lowest BCUT2D eigenvalue weighted by atomic mass is 10.00. The molecule has 1 heterocycles. The molecule has 0 fully saturated rings. The lowest BCUT2D eigenvalue weighted by Crippen LogP contribution is -2.21. The standard InChI is InChI=1S/C29H19Cl3N2O2/c30-22-13-11-19(12-14-22)18-36-28-21(15-23(31)17-26(28)32)16-25-27(20-7-3-1-4-8-20)33-34(29(25)35)24-9-5-2-6-10-24/h1-17H,18H2/b25-16-. The molecule has 0 unspecified atom stereocenters. The Bertz CT molecular complexity index is 1470. The van der Waals surface area contributed by atoms with Crippen molar-refractivity contribution in [1.29, 1.82) is 0 Å². The number of anilines is 1. The summed E-state index contributed by atoms with van der Waals surface area (Å²) in [6, 6.07) is 29.5. The molecule has 178 valence electrons. The molecule has 0 spiro atoms. The molecule has 4 aromatic carbocycles. The van der Waals surface area contributed by atoms with Crippen molar-refractivity contribution in [3.05, 3.63) is 134 Å². The molecule has 1 aliphatic rings. The highest BCUT2D eigenvalue weighted by molar-refractivity contribution is 6.38. The average molecular weight is 534 g/mol. The minimum atomic E-state index is -0.264. The van der Waals surface area contributed by atoms with Crippen LogP contribution >= 0.6 is 34.8 Å². The second-order valence-electron chi connectivity index (χ2n) is 8.05. The lowest BCUT2D eigenvalue weighted by molar-refractivity contribution is -0.114. The van der Waals surface area contributed by atoms with Gasteiger partial charge in [-0.3, -0.25) is 4.79 Å². The molecule has 4 nitrogen and oxygen atoms in total. The summed E-state index contributed by atoms with van der Waals surface area (Å²) in [7, 11) is 0. The van der Waals surface area contributed by atoms with Gasteiger partial charge in [-0.2, -0.15) is 10.1 Å². The molecule has 0 N–H and O–H groups in total. The zero-order valence-corrected chi connectivity index (χ0v) is 21.1. The minimum Gasteiger partial charge on any atom is -0.487 e. The van der Waals surface area contributed by atoms with Crippen LogP contribution in [0.5, 0.6) is 5.75 Å². The second kappa shape index (κ2) is 10.6. The number of carbonyl (C=O) groups excluding carboxylic acids is 1. The van der Waals surface area contributed by atoms with E-state index in [2.05, 4.69) is 5.10 Å². The van der Waals surface area contributed by atoms with Gasteiger partial charge >= 0.3 is 0 Å². The lowest BCUT2D eigenvalue weighted by Gasteiger charge is -2.13. The van der Waals surface area contributed by atoms with E-state index in [0.717, 1.165) is 11.1 Å². The molecule has 0 aliphatic carbocycles. The smallest absolute Gasteiger partial charge is 0.281 e. The molecule has 1 amide bonds. The number of hydrazone groups is 1. The van der Waals surface area contributed by atoms with Crippen LogP contribution in [0.4, 0.5) is 5.69 Å². The molecule has 0 radical (unpaired) electrons. The number of hydrogen-bond acceptors (Lipinski definition) is 3. The van der Waals surface area contributed by atoms with Crippen molar-refractivity contribution in [2.45, 2.75) is 6.61 Å². The molecule has 36 heavy (non-hydrogen) atoms. The van der Waals surface area contributed by atoms with Gasteiger partial charge in [0.05, 0.1) is 16.3 Å². The molecular weight excluding hydrogens is 515 g/mol. The van der Waals surface area contributed by atoms with Gasteiger partial charge in [0.1, 0.15) is 18.1 Å². The zero-order valence-electron chi connectivity index (χ0n) is 18.9. The van der Waals surface area contributed by atoms with E-state index < -0.39 is 0 Å². The third-order valence-corrected chi connectivity index (χ3v) is 6.31. The maximum absolute atomic E-state index is 13.6. The Balaban J connectivity index is 1.57. The third kappa shape index (κ3) is 5.17. The maximum atomic E-state index is 13.6. The first-order valence-electron chi connectivity index (χ1n) is 11.1. The normalized spacial score (nSPS) is 14.3. The number of benzene rings is 4. The zero-order chi connectivity index (χ0) is 25.1. The molecule has 0 atom stereocenters. The van der Waals surface area contributed by atoms with Crippen LogP contribution in [0.15, 0.2) is 108 Å². The second-order valence-corrected chi connectivity index (χ2v) is 9.33. The summed E-state index contributed by atoms with van der Waals surface area (Å²) in [5.74, 6) is 0.154. The van der Waals surface area contributed by atoms with Crippen LogP contribution in [0.25, 0.3) is 6.08 Å². The SMILES string of the molecule is O=C1/C(=C\c2cc(Cl)cc(Cl)c2OCc2ccc(Cl)cc2)C(c2ccccc2)=NN1c1ccccc1. The van der Waals surface area contributed by atoms with Crippen LogP contribution in [0.3, 0.4) is 0 Å². The van der Waals surface area contributed by atoms with Crippen molar-refractivity contribution in [2.75, 3.05) is 5.01 Å². The molecular formula is C29H19Cl3N2O2. The summed E-state index contributed by atoms with van der Waals surface area (Å²) in [5, 5.41) is 7.48. The van der Waals surface area contributed by atoms with Crippen molar-refractivity contribution < 1.29 is 9.53 Å². The van der Waals surface area contributed by atoms with Gasteiger partial charge in [-0.1, -0.05) is 95.5 Å². The predicted molar refractivity (Wildman–Crippen MR) is 147 cm³/mol. The number of ether oxygens (including phenoxy) is 1. The van der Waals surface area contributed by atoms with Gasteiger partial charge in [0.2, 0.25) is 0 Å². The quantitative estimate of drug-likeness (QED) is 0.235. The summed E-state index contributed by atoms with van der Waals surface area (Å²) >= 11 is 18.9. The van der Waals surface area contributed by atoms with Gasteiger partial charge < -0.3 is 4.74 Å². The minimum absolute atomic E-state index is 0.262. The van der Waals surface area contributed by atoms with E-state index in [4.69, 9.17) is 39.5 Å². The molecule has 4 aromatic rings. The van der Waals surface area contributed by atoms with Crippen molar-refractivity contribution >= 4 is 58.2 Å². The number of carbonyl (C=O) groups is 1. The van der Waals surface area contributed by atoms with Crippen molar-refractivity contribution in [1.82, 2.24) is 0 Å². The van der Waals surface area contributed by atoms with E-state index in [9.17, 15) is 4.79 Å². The Morgan fingerprint density at radius 2 is 1.47 bits per heavy atom. The van der Waals surface area contributed by atoms with Crippen molar-refractivity contribution in [2.24, 2.45) is 5.10 Å². The summed E-state index contributed by atoms with van der Waals surface area (Å²) < 4.78 is 6.10. The maximum Gasteiger partial charge on any atom is 0.281 e. The number of para-hydroxylation sites is 1. The molecule has 0 aromatic heterocycles. The van der Waals surface area contributed by atoms with Crippen molar-refractivity contribution in [3.8, 4) is 5.75 Å². The number of hydrogen-bond donors (Lipinski definition) is 0. The number of rotatable bonds is 6. The van der Waals surface area contributed by atoms with E-state index in [1.54, 1.807) is 30.3 Å². The highest BCUT2D eigenvalue weighted by Gasteiger charge is 2.32. The molecule has 5 rings (SSSR count). The first-order valence-corrected chi connectivity index (χ1v) is 12.2. The van der Waals surface area contributed by atoms with Crippen LogP contribution in [0, 0.1) is 0 Å². The van der Waals surface area contributed by atoms with E-state index in [0.29, 0.717) is 43.4 Å². The fraction of sp³-hybridized carbons (Fsp3) is 0.0345. The topological polar surface area (TPSA) is 41.9 Å². The summed E-state index contributed by atoms with van der Waals surface area (Å²) in [4.78, 5) is 13.6. The van der Waals surface area contributed by atoms with Gasteiger partial charge in [0.25, 0.3) is 5.91 Å². The van der Waals surface area contributed by atoms with Gasteiger partial charge in [0, 0.05) is 21.2 Å². The monoisotopic (exact) mass is 532 g/mol. The molecule has 1 aliphatic heterocycles. The van der Waals surface area contributed by atoms with Crippen LogP contribution < -0.4 is 9.75 Å². The first kappa shape index (κ1) is 24.1. The molecule has 0 saturated heterocycles. The highest BCUT2D eigenvalue weighted by atomic mass is 35.5. The van der Waals surface area contributed by atoms with Crippen LogP contribution in [-0.2, 0) is 11.4 Å². The van der Waals surface area contributed by atoms with E-state index in [-0.39, 0.29) is 12.5 Å². The highest BCUT2D eigenvalue weighted by Crippen LogP contribution is 2.36. The van der Waals surface area contributed by atoms with Gasteiger partial charge in [0.15, 0.2) is 0 Å². The fourth-order valence-corrected chi connectivity index (χ4v) is 4.52. The summed E-state index contributed by atoms with van der Waals surface area (Å²) in [6.45, 7) is 0.262. The van der Waals surface area contributed by atoms with Crippen LogP contribution in [0.2, 0.25) is 15.1 Å². The van der Waals surface area contributed by atoms with E-state index in [1.807, 2.05) is 72.8 Å². The van der Waals surface area contributed by atoms with Crippen LogP contribution in [0.1, 0.15) is 16.7 Å². The Kier molecular flexibility index (Phi) is 7.10. The first-order chi connectivity index (χ1) is 17.5. The van der Waals surface area contributed by atoms with Gasteiger partial charge in [-0.25, -0.2) is 0 Å². The van der Waals surface area contributed by atoms with Gasteiger partial charge in [-0.15, -0.1) is 0 Å². The number of amides is 1. The fourth-order valence-electron chi connectivity index (χ4n) is 3.83. The molecule has 7 heteroatoms. The Hall–Kier alpha value is -3.57. The number of halogens is 3. The van der Waals surface area contributed by atoms with E-state index >= 15 is 0 Å². The largest absolute Gasteiger partial charge is 0.487 e. The summed E-state index contributed by atoms with van der Waals surface area (Å²) in [6.07, 6.45) is 1.73. The number of nitrogens with zero attached hydrogens (tertiary/aromatic N) is 2. The Morgan fingerprint density at radius 3 is 2.17 bits per heavy atom. The van der Waals surface area contributed by atoms with Crippen LogP contribution in [-0.4, -0.2) is 11.6 Å². The van der Waals surface area contributed by atoms with Gasteiger partial charge in [-0.05, 0) is 48.0 Å². The predicted octanol–water partition coefficient (Wildman–Crippen LogP) is 8.06. The van der Waals surface area contributed by atoms with Crippen molar-refractivity contribution in [3.63, 3.8) is 0 Å². The molecule has 0 saturated carbocycles. The summed E-state index contributed by atoms with van der Waals surface area (Å²) in [5.41, 5.74) is 3.92.